The van der Waals surface area contributed by atoms with E-state index < -0.39 is 5.97 Å². The van der Waals surface area contributed by atoms with E-state index in [1.807, 2.05) is 24.3 Å². The van der Waals surface area contributed by atoms with Crippen LogP contribution in [0.4, 0.5) is 5.69 Å². The number of aromatic nitrogens is 1. The molecule has 0 fully saturated rings. The highest BCUT2D eigenvalue weighted by Crippen LogP contribution is 2.34. The number of amides is 1. The number of Topliss-reactive ketones (excluding diaryl/α,β-unsaturated/α-hetero) is 1. The first-order valence-electron chi connectivity index (χ1n) is 8.77. The van der Waals surface area contributed by atoms with Crippen molar-refractivity contribution in [2.75, 3.05) is 24.3 Å². The van der Waals surface area contributed by atoms with Crippen LogP contribution in [-0.2, 0) is 16.0 Å². The van der Waals surface area contributed by atoms with Crippen molar-refractivity contribution in [3.63, 3.8) is 0 Å². The Morgan fingerprint density at radius 1 is 1.26 bits per heavy atom. The van der Waals surface area contributed by atoms with Crippen molar-refractivity contribution in [3.8, 4) is 0 Å². The summed E-state index contributed by atoms with van der Waals surface area (Å²) in [4.78, 5) is 43.0. The first-order chi connectivity index (χ1) is 12.9. The van der Waals surface area contributed by atoms with Crippen molar-refractivity contribution >= 4 is 35.1 Å². The van der Waals surface area contributed by atoms with E-state index in [1.165, 1.54) is 14.0 Å². The van der Waals surface area contributed by atoms with Gasteiger partial charge in [-0.25, -0.2) is 4.79 Å². The first-order valence-corrected chi connectivity index (χ1v) is 9.75. The van der Waals surface area contributed by atoms with Gasteiger partial charge in [-0.15, -0.1) is 11.8 Å². The minimum Gasteiger partial charge on any atom is -0.465 e. The highest BCUT2D eigenvalue weighted by Gasteiger charge is 2.27. The summed E-state index contributed by atoms with van der Waals surface area (Å²) in [6, 6.07) is 7.83. The molecule has 142 valence electrons. The topological polar surface area (TPSA) is 79.5 Å². The summed E-state index contributed by atoms with van der Waals surface area (Å²) in [5.74, 6) is 0.0924. The van der Waals surface area contributed by atoms with Crippen LogP contribution in [0.1, 0.15) is 45.4 Å². The molecule has 7 heteroatoms. The molecule has 6 nitrogen and oxygen atoms in total. The molecule has 0 unspecified atom stereocenters. The monoisotopic (exact) mass is 386 g/mol. The number of anilines is 1. The van der Waals surface area contributed by atoms with Crippen LogP contribution in [0.25, 0.3) is 0 Å². The molecule has 1 aromatic carbocycles. The third kappa shape index (κ3) is 3.78. The molecule has 0 radical (unpaired) electrons. The summed E-state index contributed by atoms with van der Waals surface area (Å²) in [6.45, 7) is 3.73. The van der Waals surface area contributed by atoms with Gasteiger partial charge in [0.2, 0.25) is 5.91 Å². The van der Waals surface area contributed by atoms with E-state index in [4.69, 9.17) is 4.74 Å². The average Bonchev–Trinajstić information content (AvgIpc) is 2.84. The number of carbonyl (C=O) groups is 3. The van der Waals surface area contributed by atoms with Crippen LogP contribution in [0.5, 0.6) is 0 Å². The van der Waals surface area contributed by atoms with Gasteiger partial charge in [-0.1, -0.05) is 12.1 Å². The zero-order chi connectivity index (χ0) is 19.6. The molecule has 1 aliphatic heterocycles. The van der Waals surface area contributed by atoms with Crippen molar-refractivity contribution in [1.82, 2.24) is 4.98 Å². The van der Waals surface area contributed by atoms with Gasteiger partial charge in [0.15, 0.2) is 5.78 Å². The van der Waals surface area contributed by atoms with Crippen LogP contribution in [0.15, 0.2) is 29.2 Å². The van der Waals surface area contributed by atoms with Crippen LogP contribution in [0, 0.1) is 6.92 Å². The maximum atomic E-state index is 13.1. The number of ketones is 1. The molecule has 3 rings (SSSR count). The number of ether oxygens (including phenoxy) is 1. The Labute approximate surface area is 162 Å². The molecule has 1 aromatic heterocycles. The van der Waals surface area contributed by atoms with Gasteiger partial charge in [-0.05, 0) is 36.8 Å². The molecule has 1 N–H and O–H groups in total. The number of H-pyrrole nitrogens is 1. The second-order valence-electron chi connectivity index (χ2n) is 6.42. The number of rotatable bonds is 4. The molecule has 0 bridgehead atoms. The van der Waals surface area contributed by atoms with Gasteiger partial charge in [0.25, 0.3) is 0 Å². The Morgan fingerprint density at radius 3 is 2.70 bits per heavy atom. The SMILES string of the molecule is COC(=O)c1c(CC(=O)N2CCCSc3ccccc32)[nH]c(C(C)=O)c1C. The highest BCUT2D eigenvalue weighted by molar-refractivity contribution is 7.99. The zero-order valence-corrected chi connectivity index (χ0v) is 16.4. The lowest BCUT2D eigenvalue weighted by atomic mass is 10.1. The number of aromatic amines is 1. The summed E-state index contributed by atoms with van der Waals surface area (Å²) in [6.07, 6.45) is 0.884. The van der Waals surface area contributed by atoms with Crippen molar-refractivity contribution in [3.05, 3.63) is 46.8 Å². The first kappa shape index (κ1) is 19.2. The van der Waals surface area contributed by atoms with E-state index in [0.29, 0.717) is 23.5 Å². The number of nitrogens with one attached hydrogen (secondary N) is 1. The Bertz CT molecular complexity index is 903. The fraction of sp³-hybridized carbons (Fsp3) is 0.350. The minimum atomic E-state index is -0.550. The summed E-state index contributed by atoms with van der Waals surface area (Å²) < 4.78 is 4.86. The number of methoxy groups -OCH3 is 1. The van der Waals surface area contributed by atoms with E-state index in [-0.39, 0.29) is 23.7 Å². The number of nitrogens with zero attached hydrogens (tertiary/aromatic N) is 1. The van der Waals surface area contributed by atoms with Gasteiger partial charge in [-0.3, -0.25) is 9.59 Å². The lowest BCUT2D eigenvalue weighted by molar-refractivity contribution is -0.118. The van der Waals surface area contributed by atoms with Crippen molar-refractivity contribution in [2.45, 2.75) is 31.6 Å². The Kier molecular flexibility index (Phi) is 5.70. The zero-order valence-electron chi connectivity index (χ0n) is 15.6. The van der Waals surface area contributed by atoms with Gasteiger partial charge in [0.1, 0.15) is 0 Å². The third-order valence-corrected chi connectivity index (χ3v) is 5.79. The third-order valence-electron chi connectivity index (χ3n) is 4.64. The van der Waals surface area contributed by atoms with Gasteiger partial charge in [-0.2, -0.15) is 0 Å². The second kappa shape index (κ2) is 8.00. The van der Waals surface area contributed by atoms with Crippen molar-refractivity contribution in [2.24, 2.45) is 0 Å². The number of esters is 1. The summed E-state index contributed by atoms with van der Waals surface area (Å²) in [5.41, 5.74) is 2.44. The number of benzene rings is 1. The van der Waals surface area contributed by atoms with Crippen molar-refractivity contribution in [1.29, 1.82) is 0 Å². The fourth-order valence-electron chi connectivity index (χ4n) is 3.35. The van der Waals surface area contributed by atoms with Crippen molar-refractivity contribution < 1.29 is 19.1 Å². The standard InChI is InChI=1S/C20H22N2O4S/c1-12-18(20(25)26-3)14(21-19(12)13(2)23)11-17(24)22-9-6-10-27-16-8-5-4-7-15(16)22/h4-5,7-8,21H,6,9-11H2,1-3H3. The largest absolute Gasteiger partial charge is 0.465 e. The number of fused-ring (bicyclic) bond motifs is 1. The summed E-state index contributed by atoms with van der Waals surface area (Å²) in [7, 11) is 1.29. The lowest BCUT2D eigenvalue weighted by Crippen LogP contribution is -2.33. The average molecular weight is 386 g/mol. The second-order valence-corrected chi connectivity index (χ2v) is 7.55. The summed E-state index contributed by atoms with van der Waals surface area (Å²) in [5, 5.41) is 0. The smallest absolute Gasteiger partial charge is 0.339 e. The van der Waals surface area contributed by atoms with E-state index >= 15 is 0 Å². The predicted octanol–water partition coefficient (Wildman–Crippen LogP) is 3.38. The maximum Gasteiger partial charge on any atom is 0.339 e. The molecule has 1 aliphatic rings. The van der Waals surface area contributed by atoms with Gasteiger partial charge in [0, 0.05) is 24.1 Å². The van der Waals surface area contributed by atoms with Crippen LogP contribution in [0.3, 0.4) is 0 Å². The Morgan fingerprint density at radius 2 is 2.00 bits per heavy atom. The molecule has 2 aromatic rings. The lowest BCUT2D eigenvalue weighted by Gasteiger charge is -2.22. The molecule has 0 aliphatic carbocycles. The molecule has 0 atom stereocenters. The molecule has 2 heterocycles. The predicted molar refractivity (Wildman–Crippen MR) is 105 cm³/mol. The minimum absolute atomic E-state index is 0.00243. The molecule has 27 heavy (non-hydrogen) atoms. The Hall–Kier alpha value is -2.54. The quantitative estimate of drug-likeness (QED) is 0.644. The van der Waals surface area contributed by atoms with Crippen LogP contribution in [0.2, 0.25) is 0 Å². The van der Waals surface area contributed by atoms with Crippen LogP contribution >= 0.6 is 11.8 Å². The number of hydrogen-bond donors (Lipinski definition) is 1. The van der Waals surface area contributed by atoms with Gasteiger partial charge in [0.05, 0.1) is 30.5 Å². The van der Waals surface area contributed by atoms with Gasteiger partial charge >= 0.3 is 5.97 Å². The van der Waals surface area contributed by atoms with Crippen LogP contribution in [-0.4, -0.2) is 42.1 Å². The number of thioether (sulfide) groups is 1. The van der Waals surface area contributed by atoms with Gasteiger partial charge < -0.3 is 14.6 Å². The Balaban J connectivity index is 1.96. The number of para-hydroxylation sites is 1. The number of hydrogen-bond acceptors (Lipinski definition) is 5. The molecular weight excluding hydrogens is 364 g/mol. The van der Waals surface area contributed by atoms with E-state index in [9.17, 15) is 14.4 Å². The highest BCUT2D eigenvalue weighted by atomic mass is 32.2. The molecule has 1 amide bonds. The maximum absolute atomic E-state index is 13.1. The fourth-order valence-corrected chi connectivity index (χ4v) is 4.35. The molecule has 0 saturated heterocycles. The molecule has 0 spiro atoms. The van der Waals surface area contributed by atoms with E-state index in [0.717, 1.165) is 22.8 Å². The normalized spacial score (nSPS) is 13.7. The summed E-state index contributed by atoms with van der Waals surface area (Å²) >= 11 is 1.74. The van der Waals surface area contributed by atoms with E-state index in [2.05, 4.69) is 4.98 Å². The van der Waals surface area contributed by atoms with E-state index in [1.54, 1.807) is 23.6 Å². The molecular formula is C20H22N2O4S. The molecule has 0 saturated carbocycles. The number of carbonyl (C=O) groups excluding carboxylic acids is 3. The van der Waals surface area contributed by atoms with Crippen LogP contribution < -0.4 is 4.90 Å².